The molecule has 2 N–H and O–H groups in total. The van der Waals surface area contributed by atoms with Gasteiger partial charge in [-0.1, -0.05) is 72.8 Å². The smallest absolute Gasteiger partial charge is 0.258 e. The number of nitrogens with one attached hydrogen (secondary N) is 2. The number of para-hydroxylation sites is 1. The summed E-state index contributed by atoms with van der Waals surface area (Å²) in [5, 5.41) is 3.37. The molecule has 0 unspecified atom stereocenters. The average Bonchev–Trinajstić information content (AvgIpc) is 3.43. The van der Waals surface area contributed by atoms with Crippen LogP contribution in [0.5, 0.6) is 0 Å². The molecule has 6 heteroatoms. The van der Waals surface area contributed by atoms with Crippen LogP contribution >= 0.6 is 0 Å². The van der Waals surface area contributed by atoms with Crippen molar-refractivity contribution in [2.24, 2.45) is 0 Å². The number of allylic oxidation sites excluding steroid dienone is 1. The van der Waals surface area contributed by atoms with Crippen LogP contribution in [0.25, 0.3) is 5.70 Å². The van der Waals surface area contributed by atoms with Crippen molar-refractivity contribution in [2.75, 3.05) is 16.8 Å². The third kappa shape index (κ3) is 2.59. The molecule has 3 aliphatic rings. The summed E-state index contributed by atoms with van der Waals surface area (Å²) in [5.41, 5.74) is 6.27. The van der Waals surface area contributed by atoms with Crippen LogP contribution in [-0.4, -0.2) is 22.3 Å². The van der Waals surface area contributed by atoms with E-state index in [2.05, 4.69) is 22.4 Å². The quantitative estimate of drug-likeness (QED) is 0.471. The minimum absolute atomic E-state index is 0.0467. The predicted octanol–water partition coefficient (Wildman–Crippen LogP) is 4.63. The second-order valence-electron chi connectivity index (χ2n) is 8.81. The Morgan fingerprint density at radius 1 is 0.853 bits per heavy atom. The number of aromatic nitrogens is 2. The van der Waals surface area contributed by atoms with Crippen LogP contribution in [-0.2, 0) is 6.42 Å². The molecule has 0 spiro atoms. The van der Waals surface area contributed by atoms with E-state index in [-0.39, 0.29) is 11.3 Å². The van der Waals surface area contributed by atoms with Crippen LogP contribution in [0, 0.1) is 0 Å². The van der Waals surface area contributed by atoms with Gasteiger partial charge in [-0.3, -0.25) is 14.6 Å². The van der Waals surface area contributed by atoms with E-state index in [1.807, 2.05) is 71.6 Å². The number of H-pyrrole nitrogens is 1. The molecule has 1 atom stereocenters. The van der Waals surface area contributed by atoms with Crippen LogP contribution in [0.2, 0.25) is 0 Å². The summed E-state index contributed by atoms with van der Waals surface area (Å²) in [6, 6.07) is 25.5. The number of ketones is 1. The summed E-state index contributed by atoms with van der Waals surface area (Å²) >= 11 is 0. The van der Waals surface area contributed by atoms with Gasteiger partial charge in [-0.15, -0.1) is 0 Å². The number of rotatable bonds is 2. The SMILES string of the molecule is O=C1C2=C(Nc3nc(N4CCc5ccccc54)[nH]c(=O)c3[C@@H]2c2ccccc2)c2ccccc21. The third-order valence-electron chi connectivity index (χ3n) is 6.99. The maximum atomic E-state index is 13.6. The Morgan fingerprint density at radius 3 is 2.44 bits per heavy atom. The molecule has 0 bridgehead atoms. The molecule has 3 aromatic carbocycles. The van der Waals surface area contributed by atoms with Crippen molar-refractivity contribution < 1.29 is 4.79 Å². The molecule has 0 fully saturated rings. The van der Waals surface area contributed by atoms with Crippen molar-refractivity contribution in [3.63, 3.8) is 0 Å². The van der Waals surface area contributed by atoms with Gasteiger partial charge >= 0.3 is 0 Å². The first-order valence-corrected chi connectivity index (χ1v) is 11.4. The summed E-state index contributed by atoms with van der Waals surface area (Å²) in [6.45, 7) is 0.748. The average molecular weight is 444 g/mol. The Kier molecular flexibility index (Phi) is 3.94. The van der Waals surface area contributed by atoms with Crippen LogP contribution in [0.4, 0.5) is 17.5 Å². The topological polar surface area (TPSA) is 78.1 Å². The molecule has 164 valence electrons. The van der Waals surface area contributed by atoms with E-state index in [1.54, 1.807) is 0 Å². The number of hydrogen-bond donors (Lipinski definition) is 2. The normalized spacial score (nSPS) is 17.7. The van der Waals surface area contributed by atoms with E-state index in [1.165, 1.54) is 5.56 Å². The highest BCUT2D eigenvalue weighted by Crippen LogP contribution is 2.48. The monoisotopic (exact) mass is 444 g/mol. The number of nitrogens with zero attached hydrogens (tertiary/aromatic N) is 2. The Bertz CT molecular complexity index is 1590. The highest BCUT2D eigenvalue weighted by atomic mass is 16.1. The molecule has 34 heavy (non-hydrogen) atoms. The van der Waals surface area contributed by atoms with Crippen molar-refractivity contribution in [1.29, 1.82) is 0 Å². The number of Topliss-reactive ketones (excluding diaryl/α,β-unsaturated/α-hetero) is 1. The van der Waals surface area contributed by atoms with Crippen LogP contribution in [0.1, 0.15) is 38.5 Å². The summed E-state index contributed by atoms with van der Waals surface area (Å²) in [6.07, 6.45) is 0.897. The molecular formula is C28H20N4O2. The lowest BCUT2D eigenvalue weighted by molar-refractivity contribution is 0.103. The Balaban J connectivity index is 1.44. The third-order valence-corrected chi connectivity index (χ3v) is 6.99. The molecule has 0 saturated heterocycles. The van der Waals surface area contributed by atoms with Crippen molar-refractivity contribution >= 4 is 28.9 Å². The van der Waals surface area contributed by atoms with Gasteiger partial charge in [-0.05, 0) is 23.6 Å². The molecule has 0 radical (unpaired) electrons. The molecule has 1 aromatic heterocycles. The molecule has 1 aliphatic carbocycles. The van der Waals surface area contributed by atoms with E-state index < -0.39 is 5.92 Å². The molecule has 3 heterocycles. The predicted molar refractivity (Wildman–Crippen MR) is 132 cm³/mol. The Hall–Kier alpha value is -4.45. The molecule has 0 amide bonds. The summed E-state index contributed by atoms with van der Waals surface area (Å²) in [7, 11) is 0. The molecule has 7 rings (SSSR count). The fourth-order valence-corrected chi connectivity index (χ4v) is 5.47. The number of carbonyl (C=O) groups excluding carboxylic acids is 1. The Morgan fingerprint density at radius 2 is 1.59 bits per heavy atom. The van der Waals surface area contributed by atoms with Gasteiger partial charge in [0.15, 0.2) is 5.78 Å². The fraction of sp³-hybridized carbons (Fsp3) is 0.107. The zero-order valence-corrected chi connectivity index (χ0v) is 18.2. The lowest BCUT2D eigenvalue weighted by atomic mass is 9.82. The number of benzene rings is 3. The lowest BCUT2D eigenvalue weighted by Gasteiger charge is -2.28. The zero-order chi connectivity index (χ0) is 22.8. The largest absolute Gasteiger partial charge is 0.339 e. The fourth-order valence-electron chi connectivity index (χ4n) is 5.47. The van der Waals surface area contributed by atoms with E-state index in [0.29, 0.717) is 28.5 Å². The second-order valence-corrected chi connectivity index (χ2v) is 8.81. The molecule has 4 aromatic rings. The first-order chi connectivity index (χ1) is 16.7. The van der Waals surface area contributed by atoms with E-state index in [4.69, 9.17) is 4.98 Å². The van der Waals surface area contributed by atoms with E-state index in [9.17, 15) is 9.59 Å². The van der Waals surface area contributed by atoms with Crippen LogP contribution < -0.4 is 15.8 Å². The maximum absolute atomic E-state index is 13.6. The van der Waals surface area contributed by atoms with Crippen molar-refractivity contribution in [2.45, 2.75) is 12.3 Å². The number of fused-ring (bicyclic) bond motifs is 4. The number of carbonyl (C=O) groups is 1. The first-order valence-electron chi connectivity index (χ1n) is 11.4. The summed E-state index contributed by atoms with van der Waals surface area (Å²) < 4.78 is 0. The van der Waals surface area contributed by atoms with E-state index >= 15 is 0 Å². The van der Waals surface area contributed by atoms with Gasteiger partial charge in [0, 0.05) is 34.9 Å². The number of hydrogen-bond acceptors (Lipinski definition) is 5. The van der Waals surface area contributed by atoms with Crippen LogP contribution in [0.15, 0.2) is 89.2 Å². The Labute approximate surface area is 195 Å². The molecule has 0 saturated carbocycles. The van der Waals surface area contributed by atoms with Crippen LogP contribution in [0.3, 0.4) is 0 Å². The number of aromatic amines is 1. The summed E-state index contributed by atoms with van der Waals surface area (Å²) in [4.78, 5) is 37.1. The van der Waals surface area contributed by atoms with Crippen molar-refractivity contribution in [3.05, 3.63) is 123 Å². The molecule has 6 nitrogen and oxygen atoms in total. The van der Waals surface area contributed by atoms with Gasteiger partial charge in [-0.25, -0.2) is 0 Å². The van der Waals surface area contributed by atoms with Crippen molar-refractivity contribution in [3.8, 4) is 0 Å². The molecule has 2 aliphatic heterocycles. The van der Waals surface area contributed by atoms with Gasteiger partial charge in [0.25, 0.3) is 5.56 Å². The highest BCUT2D eigenvalue weighted by molar-refractivity contribution is 6.23. The van der Waals surface area contributed by atoms with E-state index in [0.717, 1.165) is 35.5 Å². The van der Waals surface area contributed by atoms with Gasteiger partial charge in [-0.2, -0.15) is 4.98 Å². The molecular weight excluding hydrogens is 424 g/mol. The van der Waals surface area contributed by atoms with Gasteiger partial charge in [0.05, 0.1) is 11.3 Å². The first kappa shape index (κ1) is 19.1. The minimum atomic E-state index is -0.497. The highest BCUT2D eigenvalue weighted by Gasteiger charge is 2.42. The zero-order valence-electron chi connectivity index (χ0n) is 18.2. The number of anilines is 3. The maximum Gasteiger partial charge on any atom is 0.258 e. The minimum Gasteiger partial charge on any atom is -0.339 e. The van der Waals surface area contributed by atoms with Gasteiger partial charge < -0.3 is 10.2 Å². The second kappa shape index (κ2) is 7.02. The summed E-state index contributed by atoms with van der Waals surface area (Å²) in [5.74, 6) is 0.466. The standard InChI is InChI=1S/C28H20N4O2/c33-25-19-12-6-5-11-18(19)24-22(25)21(17-9-2-1-3-10-17)23-26(29-24)30-28(31-27(23)34)32-15-14-16-8-4-7-13-20(16)32/h1-13,21H,14-15H2,(H2,29,30,31,34)/t21-/m1/s1. The van der Waals surface area contributed by atoms with Gasteiger partial charge in [0.2, 0.25) is 5.95 Å². The lowest BCUT2D eigenvalue weighted by Crippen LogP contribution is -2.30. The van der Waals surface area contributed by atoms with Gasteiger partial charge in [0.1, 0.15) is 5.82 Å². The van der Waals surface area contributed by atoms with Crippen molar-refractivity contribution in [1.82, 2.24) is 9.97 Å².